The van der Waals surface area contributed by atoms with Crippen molar-refractivity contribution in [2.75, 3.05) is 13.2 Å². The highest BCUT2D eigenvalue weighted by Crippen LogP contribution is 2.13. The highest BCUT2D eigenvalue weighted by molar-refractivity contribution is 5.89. The Morgan fingerprint density at radius 3 is 2.79 bits per heavy atom. The summed E-state index contributed by atoms with van der Waals surface area (Å²) < 4.78 is 0. The molecule has 0 saturated carbocycles. The number of aliphatic hydroxyl groups excluding tert-OH is 1. The van der Waals surface area contributed by atoms with Crippen LogP contribution in [0.3, 0.4) is 0 Å². The highest BCUT2D eigenvalue weighted by atomic mass is 16.4. The van der Waals surface area contributed by atoms with Crippen molar-refractivity contribution in [3.63, 3.8) is 0 Å². The van der Waals surface area contributed by atoms with Crippen molar-refractivity contribution in [2.45, 2.75) is 39.2 Å². The van der Waals surface area contributed by atoms with Crippen LogP contribution in [0.4, 0.5) is 0 Å². The third kappa shape index (κ3) is 4.96. The first-order chi connectivity index (χ1) is 9.20. The first-order valence-corrected chi connectivity index (χ1v) is 6.72. The number of carbonyl (C=O) groups is 1. The molecule has 106 valence electrons. The van der Waals surface area contributed by atoms with E-state index in [2.05, 4.69) is 10.3 Å². The number of aromatic nitrogens is 1. The summed E-state index contributed by atoms with van der Waals surface area (Å²) in [6.07, 6.45) is 5.03. The Balaban J connectivity index is 2.53. The molecule has 0 aromatic carbocycles. The minimum atomic E-state index is -0.900. The van der Waals surface area contributed by atoms with Crippen molar-refractivity contribution in [3.05, 3.63) is 29.1 Å². The van der Waals surface area contributed by atoms with Gasteiger partial charge in [-0.15, -0.1) is 0 Å². The van der Waals surface area contributed by atoms with Gasteiger partial charge in [0.25, 0.3) is 0 Å². The molecule has 0 unspecified atom stereocenters. The van der Waals surface area contributed by atoms with Crippen LogP contribution < -0.4 is 5.32 Å². The quantitative estimate of drug-likeness (QED) is 0.591. The van der Waals surface area contributed by atoms with Gasteiger partial charge >= 0.3 is 5.97 Å². The van der Waals surface area contributed by atoms with E-state index >= 15 is 0 Å². The number of carboxylic acids is 1. The van der Waals surface area contributed by atoms with Crippen molar-refractivity contribution in [2.24, 2.45) is 0 Å². The summed E-state index contributed by atoms with van der Waals surface area (Å²) in [7, 11) is 0. The number of nitrogens with zero attached hydrogens (tertiary/aromatic N) is 1. The molecule has 0 saturated heterocycles. The Bertz CT molecular complexity index is 408. The lowest BCUT2D eigenvalue weighted by Gasteiger charge is -2.10. The van der Waals surface area contributed by atoms with Crippen molar-refractivity contribution in [1.82, 2.24) is 10.3 Å². The molecule has 0 spiro atoms. The SMILES string of the molecule is CCc1c(C(=O)O)ccnc1CNCCCCCO. The summed E-state index contributed by atoms with van der Waals surface area (Å²) in [5.74, 6) is -0.900. The fraction of sp³-hybridized carbons (Fsp3) is 0.571. The molecule has 1 aromatic heterocycles. The molecule has 1 heterocycles. The molecule has 0 radical (unpaired) electrons. The summed E-state index contributed by atoms with van der Waals surface area (Å²) in [5.41, 5.74) is 1.96. The number of aromatic carboxylic acids is 1. The van der Waals surface area contributed by atoms with Gasteiger partial charge in [0.15, 0.2) is 0 Å². The Hall–Kier alpha value is -1.46. The average molecular weight is 266 g/mol. The maximum Gasteiger partial charge on any atom is 0.336 e. The molecule has 0 bridgehead atoms. The summed E-state index contributed by atoms with van der Waals surface area (Å²) in [6.45, 7) is 3.61. The fourth-order valence-corrected chi connectivity index (χ4v) is 2.03. The Kier molecular flexibility index (Phi) is 7.07. The van der Waals surface area contributed by atoms with Gasteiger partial charge in [-0.1, -0.05) is 6.92 Å². The summed E-state index contributed by atoms with van der Waals surface area (Å²) in [4.78, 5) is 15.4. The van der Waals surface area contributed by atoms with Gasteiger partial charge in [-0.2, -0.15) is 0 Å². The second-order valence-corrected chi connectivity index (χ2v) is 4.40. The number of rotatable bonds is 9. The maximum atomic E-state index is 11.1. The van der Waals surface area contributed by atoms with Crippen LogP contribution in [-0.2, 0) is 13.0 Å². The van der Waals surface area contributed by atoms with E-state index in [0.717, 1.165) is 37.1 Å². The van der Waals surface area contributed by atoms with E-state index in [1.807, 2.05) is 6.92 Å². The molecule has 5 nitrogen and oxygen atoms in total. The van der Waals surface area contributed by atoms with E-state index in [-0.39, 0.29) is 6.61 Å². The third-order valence-electron chi connectivity index (χ3n) is 3.03. The van der Waals surface area contributed by atoms with Gasteiger partial charge in [0.1, 0.15) is 0 Å². The lowest BCUT2D eigenvalue weighted by atomic mass is 10.0. The lowest BCUT2D eigenvalue weighted by molar-refractivity contribution is 0.0695. The molecular formula is C14H22N2O3. The number of carboxylic acid groups (broad SMARTS) is 1. The molecule has 0 aliphatic heterocycles. The maximum absolute atomic E-state index is 11.1. The summed E-state index contributed by atoms with van der Waals surface area (Å²) in [6, 6.07) is 1.55. The van der Waals surface area contributed by atoms with Gasteiger partial charge < -0.3 is 15.5 Å². The van der Waals surface area contributed by atoms with E-state index in [1.165, 1.54) is 0 Å². The van der Waals surface area contributed by atoms with Crippen LogP contribution in [0.15, 0.2) is 12.3 Å². The average Bonchev–Trinajstić information content (AvgIpc) is 2.42. The molecule has 5 heteroatoms. The first kappa shape index (κ1) is 15.6. The number of hydrogen-bond acceptors (Lipinski definition) is 4. The molecule has 0 amide bonds. The van der Waals surface area contributed by atoms with E-state index in [0.29, 0.717) is 18.5 Å². The molecule has 1 aromatic rings. The smallest absolute Gasteiger partial charge is 0.336 e. The van der Waals surface area contributed by atoms with Gasteiger partial charge in [0, 0.05) is 19.3 Å². The van der Waals surface area contributed by atoms with E-state index < -0.39 is 5.97 Å². The fourth-order valence-electron chi connectivity index (χ4n) is 2.03. The van der Waals surface area contributed by atoms with E-state index in [1.54, 1.807) is 12.3 Å². The van der Waals surface area contributed by atoms with Crippen LogP contribution in [0, 0.1) is 0 Å². The van der Waals surface area contributed by atoms with Crippen molar-refractivity contribution >= 4 is 5.97 Å². The number of nitrogens with one attached hydrogen (secondary N) is 1. The zero-order chi connectivity index (χ0) is 14.1. The molecule has 3 N–H and O–H groups in total. The second-order valence-electron chi connectivity index (χ2n) is 4.40. The highest BCUT2D eigenvalue weighted by Gasteiger charge is 2.12. The second kappa shape index (κ2) is 8.61. The van der Waals surface area contributed by atoms with E-state index in [9.17, 15) is 4.79 Å². The molecule has 19 heavy (non-hydrogen) atoms. The number of pyridine rings is 1. The van der Waals surface area contributed by atoms with Gasteiger partial charge in [-0.3, -0.25) is 4.98 Å². The summed E-state index contributed by atoms with van der Waals surface area (Å²) >= 11 is 0. The van der Waals surface area contributed by atoms with Crippen molar-refractivity contribution < 1.29 is 15.0 Å². The lowest BCUT2D eigenvalue weighted by Crippen LogP contribution is -2.18. The van der Waals surface area contributed by atoms with Crippen LogP contribution in [0.25, 0.3) is 0 Å². The first-order valence-electron chi connectivity index (χ1n) is 6.72. The Labute approximate surface area is 113 Å². The zero-order valence-corrected chi connectivity index (χ0v) is 11.4. The number of unbranched alkanes of at least 4 members (excludes halogenated alkanes) is 2. The number of hydrogen-bond donors (Lipinski definition) is 3. The van der Waals surface area contributed by atoms with Crippen LogP contribution in [0.1, 0.15) is 47.8 Å². The molecule has 0 fully saturated rings. The van der Waals surface area contributed by atoms with Crippen molar-refractivity contribution in [1.29, 1.82) is 0 Å². The largest absolute Gasteiger partial charge is 0.478 e. The third-order valence-corrected chi connectivity index (χ3v) is 3.03. The minimum Gasteiger partial charge on any atom is -0.478 e. The number of aliphatic hydroxyl groups is 1. The predicted molar refractivity (Wildman–Crippen MR) is 73.2 cm³/mol. The van der Waals surface area contributed by atoms with Gasteiger partial charge in [-0.05, 0) is 43.9 Å². The zero-order valence-electron chi connectivity index (χ0n) is 11.4. The van der Waals surface area contributed by atoms with Gasteiger partial charge in [0.05, 0.1) is 11.3 Å². The molecule has 0 aliphatic carbocycles. The van der Waals surface area contributed by atoms with Crippen LogP contribution in [0.5, 0.6) is 0 Å². The molecule has 0 aliphatic rings. The molecule has 0 atom stereocenters. The Morgan fingerprint density at radius 2 is 2.16 bits per heavy atom. The summed E-state index contributed by atoms with van der Waals surface area (Å²) in [5, 5.41) is 21.0. The standard InChI is InChI=1S/C14H22N2O3/c1-2-11-12(14(18)19)6-8-16-13(11)10-15-7-4-3-5-9-17/h6,8,15,17H,2-5,7,9-10H2,1H3,(H,18,19). The topological polar surface area (TPSA) is 82.5 Å². The van der Waals surface area contributed by atoms with Gasteiger partial charge in [0.2, 0.25) is 0 Å². The minimum absolute atomic E-state index is 0.238. The van der Waals surface area contributed by atoms with Crippen LogP contribution in [0.2, 0.25) is 0 Å². The Morgan fingerprint density at radius 1 is 1.37 bits per heavy atom. The van der Waals surface area contributed by atoms with Crippen LogP contribution >= 0.6 is 0 Å². The molecule has 1 rings (SSSR count). The predicted octanol–water partition coefficient (Wildman–Crippen LogP) is 1.59. The molecular weight excluding hydrogens is 244 g/mol. The van der Waals surface area contributed by atoms with Crippen molar-refractivity contribution in [3.8, 4) is 0 Å². The van der Waals surface area contributed by atoms with Gasteiger partial charge in [-0.25, -0.2) is 4.79 Å². The normalized spacial score (nSPS) is 10.6. The monoisotopic (exact) mass is 266 g/mol. The van der Waals surface area contributed by atoms with Crippen LogP contribution in [-0.4, -0.2) is 34.3 Å². The van der Waals surface area contributed by atoms with E-state index in [4.69, 9.17) is 10.2 Å².